The van der Waals surface area contributed by atoms with Gasteiger partial charge in [0.2, 0.25) is 0 Å². The predicted octanol–water partition coefficient (Wildman–Crippen LogP) is 7.51. The zero-order chi connectivity index (χ0) is 16.9. The van der Waals surface area contributed by atoms with Gasteiger partial charge in [-0.1, -0.05) is 69.4 Å². The molecule has 2 saturated carbocycles. The number of aryl methyl sites for hydroxylation is 1. The first kappa shape index (κ1) is 18.0. The second-order valence-electron chi connectivity index (χ2n) is 8.94. The van der Waals surface area contributed by atoms with Gasteiger partial charge in [0.15, 0.2) is 0 Å². The van der Waals surface area contributed by atoms with Crippen LogP contribution in [-0.4, -0.2) is 0 Å². The van der Waals surface area contributed by atoms with Gasteiger partial charge in [-0.15, -0.1) is 0 Å². The quantitative estimate of drug-likeness (QED) is 0.525. The molecule has 0 bridgehead atoms. The van der Waals surface area contributed by atoms with E-state index in [0.717, 1.165) is 29.6 Å². The van der Waals surface area contributed by atoms with Gasteiger partial charge in [0.25, 0.3) is 0 Å². The zero-order valence-corrected chi connectivity index (χ0v) is 16.3. The van der Waals surface area contributed by atoms with Crippen LogP contribution in [0.1, 0.15) is 95.1 Å². The van der Waals surface area contributed by atoms with Crippen LogP contribution in [0.3, 0.4) is 0 Å². The standard InChI is InChI=1S/C24H38/c1-4-5-20-8-12-23(13-9-20)24-16-14-22(15-17-24)19(3)21-10-6-18(2)7-11-21/h6-7,10-11,19-20,22-24H,4-5,8-9,12-17H2,1-3H3. The summed E-state index contributed by atoms with van der Waals surface area (Å²) in [5, 5.41) is 0. The summed E-state index contributed by atoms with van der Waals surface area (Å²) < 4.78 is 0. The molecule has 1 aromatic carbocycles. The van der Waals surface area contributed by atoms with Crippen molar-refractivity contribution in [2.24, 2.45) is 23.7 Å². The van der Waals surface area contributed by atoms with Crippen molar-refractivity contribution < 1.29 is 0 Å². The van der Waals surface area contributed by atoms with Gasteiger partial charge < -0.3 is 0 Å². The Morgan fingerprint density at radius 2 is 1.38 bits per heavy atom. The van der Waals surface area contributed by atoms with Crippen molar-refractivity contribution >= 4 is 0 Å². The first-order chi connectivity index (χ1) is 11.7. The van der Waals surface area contributed by atoms with Crippen LogP contribution in [0, 0.1) is 30.6 Å². The summed E-state index contributed by atoms with van der Waals surface area (Å²) >= 11 is 0. The second kappa shape index (κ2) is 8.54. The van der Waals surface area contributed by atoms with Gasteiger partial charge >= 0.3 is 0 Å². The van der Waals surface area contributed by atoms with Crippen LogP contribution in [0.15, 0.2) is 24.3 Å². The fourth-order valence-corrected chi connectivity index (χ4v) is 5.62. The van der Waals surface area contributed by atoms with Crippen molar-refractivity contribution in [3.05, 3.63) is 35.4 Å². The van der Waals surface area contributed by atoms with Gasteiger partial charge in [0.05, 0.1) is 0 Å². The molecule has 24 heavy (non-hydrogen) atoms. The van der Waals surface area contributed by atoms with Gasteiger partial charge in [-0.2, -0.15) is 0 Å². The smallest absolute Gasteiger partial charge is 0.0162 e. The molecule has 0 spiro atoms. The van der Waals surface area contributed by atoms with E-state index < -0.39 is 0 Å². The Morgan fingerprint density at radius 1 is 0.833 bits per heavy atom. The minimum Gasteiger partial charge on any atom is -0.0654 e. The molecule has 1 atom stereocenters. The molecule has 2 aliphatic carbocycles. The molecular weight excluding hydrogens is 288 g/mol. The minimum atomic E-state index is 0.742. The number of hydrogen-bond acceptors (Lipinski definition) is 0. The van der Waals surface area contributed by atoms with Gasteiger partial charge in [0, 0.05) is 0 Å². The van der Waals surface area contributed by atoms with Crippen LogP contribution in [0.25, 0.3) is 0 Å². The van der Waals surface area contributed by atoms with Crippen molar-refractivity contribution in [3.8, 4) is 0 Å². The Labute approximate surface area is 150 Å². The highest BCUT2D eigenvalue weighted by Gasteiger charge is 2.32. The average molecular weight is 327 g/mol. The van der Waals surface area contributed by atoms with Gasteiger partial charge in [-0.3, -0.25) is 0 Å². The van der Waals surface area contributed by atoms with Crippen molar-refractivity contribution in [2.75, 3.05) is 0 Å². The highest BCUT2D eigenvalue weighted by molar-refractivity contribution is 5.24. The molecule has 0 nitrogen and oxygen atoms in total. The fourth-order valence-electron chi connectivity index (χ4n) is 5.62. The Hall–Kier alpha value is -0.780. The first-order valence-electron chi connectivity index (χ1n) is 10.7. The Balaban J connectivity index is 1.46. The third kappa shape index (κ3) is 4.44. The Morgan fingerprint density at radius 3 is 1.92 bits per heavy atom. The zero-order valence-electron chi connectivity index (χ0n) is 16.3. The molecule has 0 N–H and O–H groups in total. The van der Waals surface area contributed by atoms with Crippen LogP contribution in [0.2, 0.25) is 0 Å². The molecule has 0 aliphatic heterocycles. The molecule has 0 aromatic heterocycles. The van der Waals surface area contributed by atoms with E-state index in [1.165, 1.54) is 69.8 Å². The van der Waals surface area contributed by atoms with Crippen LogP contribution in [-0.2, 0) is 0 Å². The third-order valence-corrected chi connectivity index (χ3v) is 7.38. The highest BCUT2D eigenvalue weighted by Crippen LogP contribution is 2.45. The van der Waals surface area contributed by atoms with Crippen molar-refractivity contribution in [1.82, 2.24) is 0 Å². The lowest BCUT2D eigenvalue weighted by Crippen LogP contribution is -2.27. The van der Waals surface area contributed by atoms with E-state index >= 15 is 0 Å². The largest absolute Gasteiger partial charge is 0.0654 e. The lowest BCUT2D eigenvalue weighted by molar-refractivity contribution is 0.137. The summed E-state index contributed by atoms with van der Waals surface area (Å²) in [6.07, 6.45) is 14.9. The molecule has 3 rings (SSSR count). The number of benzene rings is 1. The lowest BCUT2D eigenvalue weighted by atomic mass is 9.66. The summed E-state index contributed by atoms with van der Waals surface area (Å²) in [4.78, 5) is 0. The lowest BCUT2D eigenvalue weighted by Gasteiger charge is -2.39. The molecule has 0 amide bonds. The Kier molecular flexibility index (Phi) is 6.42. The van der Waals surface area contributed by atoms with E-state index in [0.29, 0.717) is 0 Å². The normalized spacial score (nSPS) is 32.5. The second-order valence-corrected chi connectivity index (χ2v) is 8.94. The fraction of sp³-hybridized carbons (Fsp3) is 0.750. The molecule has 0 radical (unpaired) electrons. The summed E-state index contributed by atoms with van der Waals surface area (Å²) in [6.45, 7) is 7.00. The van der Waals surface area contributed by atoms with E-state index in [9.17, 15) is 0 Å². The molecule has 1 aromatic rings. The van der Waals surface area contributed by atoms with Gasteiger partial charge in [0.1, 0.15) is 0 Å². The Bertz CT molecular complexity index is 469. The molecule has 0 heteroatoms. The summed E-state index contributed by atoms with van der Waals surface area (Å²) in [7, 11) is 0. The molecule has 0 heterocycles. The number of rotatable bonds is 5. The van der Waals surface area contributed by atoms with Crippen molar-refractivity contribution in [1.29, 1.82) is 0 Å². The maximum Gasteiger partial charge on any atom is -0.0162 e. The summed E-state index contributed by atoms with van der Waals surface area (Å²) in [5.41, 5.74) is 2.94. The van der Waals surface area contributed by atoms with E-state index in [-0.39, 0.29) is 0 Å². The van der Waals surface area contributed by atoms with Crippen LogP contribution in [0.5, 0.6) is 0 Å². The molecule has 1 unspecified atom stereocenters. The van der Waals surface area contributed by atoms with Crippen LogP contribution >= 0.6 is 0 Å². The molecule has 134 valence electrons. The molecule has 2 aliphatic rings. The van der Waals surface area contributed by atoms with E-state index in [2.05, 4.69) is 45.0 Å². The third-order valence-electron chi connectivity index (χ3n) is 7.38. The van der Waals surface area contributed by atoms with Gasteiger partial charge in [-0.25, -0.2) is 0 Å². The average Bonchev–Trinajstić information content (AvgIpc) is 2.63. The summed E-state index contributed by atoms with van der Waals surface area (Å²) in [6, 6.07) is 9.29. The van der Waals surface area contributed by atoms with E-state index in [1.54, 1.807) is 5.56 Å². The van der Waals surface area contributed by atoms with Crippen molar-refractivity contribution in [2.45, 2.75) is 90.9 Å². The maximum atomic E-state index is 2.46. The molecule has 2 fully saturated rings. The number of hydrogen-bond donors (Lipinski definition) is 0. The van der Waals surface area contributed by atoms with Crippen LogP contribution < -0.4 is 0 Å². The monoisotopic (exact) mass is 326 g/mol. The molecule has 0 saturated heterocycles. The predicted molar refractivity (Wildman–Crippen MR) is 105 cm³/mol. The summed E-state index contributed by atoms with van der Waals surface area (Å²) in [5.74, 6) is 4.83. The first-order valence-corrected chi connectivity index (χ1v) is 10.7. The topological polar surface area (TPSA) is 0 Å². The van der Waals surface area contributed by atoms with Crippen molar-refractivity contribution in [3.63, 3.8) is 0 Å². The minimum absolute atomic E-state index is 0.742. The van der Waals surface area contributed by atoms with Gasteiger partial charge in [-0.05, 0) is 80.6 Å². The molecular formula is C24H38. The van der Waals surface area contributed by atoms with Crippen LogP contribution in [0.4, 0.5) is 0 Å². The maximum absolute atomic E-state index is 2.46. The SMILES string of the molecule is CCCC1CCC(C2CCC(C(C)c3ccc(C)cc3)CC2)CC1. The highest BCUT2D eigenvalue weighted by atomic mass is 14.4. The van der Waals surface area contributed by atoms with E-state index in [1.807, 2.05) is 0 Å². The van der Waals surface area contributed by atoms with E-state index in [4.69, 9.17) is 0 Å².